The molecule has 2 nitrogen and oxygen atoms in total. The topological polar surface area (TPSA) is 18.5 Å². The van der Waals surface area contributed by atoms with Gasteiger partial charge in [-0.3, -0.25) is 0 Å². The average molecular weight is 276 g/mol. The molecule has 2 aromatic carbocycles. The minimum absolute atomic E-state index is 0.213. The van der Waals surface area contributed by atoms with Gasteiger partial charge in [0.25, 0.3) is 0 Å². The number of benzene rings is 2. The summed E-state index contributed by atoms with van der Waals surface area (Å²) in [5, 5.41) is 0. The lowest BCUT2D eigenvalue weighted by Gasteiger charge is -2.06. The number of halogens is 2. The van der Waals surface area contributed by atoms with Crippen molar-refractivity contribution in [2.24, 2.45) is 0 Å². The van der Waals surface area contributed by atoms with Crippen molar-refractivity contribution in [2.75, 3.05) is 0 Å². The highest BCUT2D eigenvalue weighted by Crippen LogP contribution is 2.22. The molecule has 0 atom stereocenters. The van der Waals surface area contributed by atoms with E-state index >= 15 is 0 Å². The first-order chi connectivity index (χ1) is 9.54. The summed E-state index contributed by atoms with van der Waals surface area (Å²) in [4.78, 5) is 0. The maximum absolute atomic E-state index is 13.6. The van der Waals surface area contributed by atoms with Crippen molar-refractivity contribution in [1.29, 1.82) is 0 Å². The molecule has 0 amide bonds. The highest BCUT2D eigenvalue weighted by atomic mass is 19.2. The molecule has 0 bridgehead atoms. The second-order valence-electron chi connectivity index (χ2n) is 4.38. The van der Waals surface area contributed by atoms with Gasteiger partial charge in [-0.15, -0.1) is 0 Å². The van der Waals surface area contributed by atoms with Gasteiger partial charge in [0, 0.05) is 0 Å². The first kappa shape index (κ1) is 14.1. The highest BCUT2D eigenvalue weighted by molar-refractivity contribution is 5.30. The van der Waals surface area contributed by atoms with E-state index in [9.17, 15) is 8.78 Å². The van der Waals surface area contributed by atoms with Gasteiger partial charge >= 0.3 is 12.0 Å². The fourth-order valence-corrected chi connectivity index (χ4v) is 1.64. The number of hydrogen-bond acceptors (Lipinski definition) is 2. The van der Waals surface area contributed by atoms with E-state index in [1.54, 1.807) is 24.3 Å². The third-order valence-electron chi connectivity index (χ3n) is 2.55. The number of rotatable bonds is 4. The van der Waals surface area contributed by atoms with Crippen LogP contribution in [0.2, 0.25) is 0 Å². The molecule has 0 fully saturated rings. The minimum atomic E-state index is -1.41. The molecule has 2 rings (SSSR count). The van der Waals surface area contributed by atoms with Crippen molar-refractivity contribution in [3.05, 3.63) is 71.7 Å². The zero-order chi connectivity index (χ0) is 14.5. The van der Waals surface area contributed by atoms with E-state index < -0.39 is 12.0 Å². The van der Waals surface area contributed by atoms with Crippen LogP contribution in [0.15, 0.2) is 60.6 Å². The van der Waals surface area contributed by atoms with Crippen LogP contribution in [-0.2, 0) is 0 Å². The Morgan fingerprint density at radius 3 is 1.50 bits per heavy atom. The van der Waals surface area contributed by atoms with Crippen molar-refractivity contribution >= 4 is 0 Å². The monoisotopic (exact) mass is 276 g/mol. The van der Waals surface area contributed by atoms with Crippen LogP contribution in [0.3, 0.4) is 0 Å². The fourth-order valence-electron chi connectivity index (χ4n) is 1.64. The summed E-state index contributed by atoms with van der Waals surface area (Å²) in [6.45, 7) is 3.65. The third kappa shape index (κ3) is 3.82. The molecule has 104 valence electrons. The maximum Gasteiger partial charge on any atom is 0.352 e. The van der Waals surface area contributed by atoms with E-state index in [0.717, 1.165) is 11.1 Å². The molecular formula is C16H14F2O2. The van der Waals surface area contributed by atoms with Gasteiger partial charge in [-0.25, -0.2) is 0 Å². The first-order valence-electron chi connectivity index (χ1n) is 6.09. The number of aryl methyl sites for hydroxylation is 2. The van der Waals surface area contributed by atoms with Crippen LogP contribution in [0, 0.1) is 13.8 Å². The minimum Gasteiger partial charge on any atom is -0.427 e. The Bertz CT molecular complexity index is 580. The predicted octanol–water partition coefficient (Wildman–Crippen LogP) is 4.83. The molecule has 0 heterocycles. The van der Waals surface area contributed by atoms with Gasteiger partial charge in [0.2, 0.25) is 0 Å². The van der Waals surface area contributed by atoms with Gasteiger partial charge in [-0.1, -0.05) is 24.3 Å². The second-order valence-corrected chi connectivity index (χ2v) is 4.38. The molecule has 20 heavy (non-hydrogen) atoms. The summed E-state index contributed by atoms with van der Waals surface area (Å²) in [5.41, 5.74) is 1.77. The fraction of sp³-hybridized carbons (Fsp3) is 0.125. The second kappa shape index (κ2) is 6.19. The molecule has 0 unspecified atom stereocenters. The van der Waals surface area contributed by atoms with Gasteiger partial charge in [-0.05, 0) is 49.2 Å². The van der Waals surface area contributed by atoms with Gasteiger partial charge in [0.1, 0.15) is 11.5 Å². The molecule has 0 spiro atoms. The van der Waals surface area contributed by atoms with Crippen molar-refractivity contribution in [3.63, 3.8) is 0 Å². The molecule has 0 aromatic heterocycles. The normalized spacial score (nSPS) is 11.8. The smallest absolute Gasteiger partial charge is 0.352 e. The summed E-state index contributed by atoms with van der Waals surface area (Å²) < 4.78 is 36.7. The molecule has 0 aliphatic rings. The highest BCUT2D eigenvalue weighted by Gasteiger charge is 2.12. The lowest BCUT2D eigenvalue weighted by atomic mass is 10.2. The lowest BCUT2D eigenvalue weighted by molar-refractivity contribution is 0.203. The summed E-state index contributed by atoms with van der Waals surface area (Å²) in [6, 6.07) is 10.5. The summed E-state index contributed by atoms with van der Waals surface area (Å²) in [6.07, 6.45) is 0. The number of hydrogen-bond donors (Lipinski definition) is 0. The van der Waals surface area contributed by atoms with Crippen LogP contribution in [0.1, 0.15) is 11.1 Å². The van der Waals surface area contributed by atoms with Crippen LogP contribution >= 0.6 is 0 Å². The van der Waals surface area contributed by atoms with Crippen LogP contribution in [-0.4, -0.2) is 0 Å². The quantitative estimate of drug-likeness (QED) is 0.745. The van der Waals surface area contributed by atoms with Crippen LogP contribution in [0.4, 0.5) is 8.78 Å². The largest absolute Gasteiger partial charge is 0.427 e. The van der Waals surface area contributed by atoms with E-state index in [1.165, 1.54) is 12.1 Å². The van der Waals surface area contributed by atoms with Gasteiger partial charge in [0.05, 0.1) is 0 Å². The van der Waals surface area contributed by atoms with Gasteiger partial charge in [0.15, 0.2) is 0 Å². The van der Waals surface area contributed by atoms with E-state index in [1.807, 2.05) is 26.0 Å². The van der Waals surface area contributed by atoms with E-state index in [4.69, 9.17) is 9.47 Å². The summed E-state index contributed by atoms with van der Waals surface area (Å²) in [5.74, 6) is 0.427. The Morgan fingerprint density at radius 1 is 0.750 bits per heavy atom. The molecule has 4 heteroatoms. The lowest BCUT2D eigenvalue weighted by Crippen LogP contribution is -1.99. The molecule has 2 aromatic rings. The maximum atomic E-state index is 13.6. The van der Waals surface area contributed by atoms with Crippen LogP contribution in [0.5, 0.6) is 11.5 Å². The first-order valence-corrected chi connectivity index (χ1v) is 6.09. The van der Waals surface area contributed by atoms with E-state index in [0.29, 0.717) is 0 Å². The van der Waals surface area contributed by atoms with Crippen LogP contribution < -0.4 is 9.47 Å². The predicted molar refractivity (Wildman–Crippen MR) is 72.9 cm³/mol. The molecular weight excluding hydrogens is 262 g/mol. The Morgan fingerprint density at radius 2 is 1.15 bits per heavy atom. The van der Waals surface area contributed by atoms with Crippen molar-refractivity contribution < 1.29 is 18.3 Å². The summed E-state index contributed by atoms with van der Waals surface area (Å²) >= 11 is 0. The Balaban J connectivity index is 2.11. The SMILES string of the molecule is Cc1cccc(O/C(F)=C(\F)Oc2cccc(C)c2)c1. The zero-order valence-electron chi connectivity index (χ0n) is 11.2. The van der Waals surface area contributed by atoms with Crippen molar-refractivity contribution in [2.45, 2.75) is 13.8 Å². The van der Waals surface area contributed by atoms with Gasteiger partial charge in [-0.2, -0.15) is 8.78 Å². The Kier molecular flexibility index (Phi) is 4.35. The van der Waals surface area contributed by atoms with Crippen LogP contribution in [0.25, 0.3) is 0 Å². The molecule has 0 saturated heterocycles. The standard InChI is InChI=1S/C16H14F2O2/c1-11-5-3-7-13(9-11)19-15(17)16(18)20-14-8-4-6-12(2)10-14/h3-10H,1-2H3/b16-15+. The molecule has 0 aliphatic heterocycles. The average Bonchev–Trinajstić information content (AvgIpc) is 2.38. The number of ether oxygens (including phenoxy) is 2. The Hall–Kier alpha value is -2.36. The van der Waals surface area contributed by atoms with Crippen molar-refractivity contribution in [1.82, 2.24) is 0 Å². The zero-order valence-corrected chi connectivity index (χ0v) is 11.2. The molecule has 0 saturated carbocycles. The third-order valence-corrected chi connectivity index (χ3v) is 2.55. The van der Waals surface area contributed by atoms with Gasteiger partial charge < -0.3 is 9.47 Å². The molecule has 0 radical (unpaired) electrons. The van der Waals surface area contributed by atoms with E-state index in [2.05, 4.69) is 0 Å². The molecule has 0 aliphatic carbocycles. The van der Waals surface area contributed by atoms with E-state index in [-0.39, 0.29) is 11.5 Å². The Labute approximate surface area is 116 Å². The van der Waals surface area contributed by atoms with Crippen molar-refractivity contribution in [3.8, 4) is 11.5 Å². The molecule has 0 N–H and O–H groups in total. The summed E-state index contributed by atoms with van der Waals surface area (Å²) in [7, 11) is 0.